The van der Waals surface area contributed by atoms with Crippen molar-refractivity contribution in [3.8, 4) is 17.2 Å². The lowest BCUT2D eigenvalue weighted by atomic mass is 10.1. The second-order valence-corrected chi connectivity index (χ2v) is 8.96. The van der Waals surface area contributed by atoms with Gasteiger partial charge >= 0.3 is 5.97 Å². The topological polar surface area (TPSA) is 158 Å². The molecule has 0 aliphatic carbocycles. The number of benzene rings is 4. The fourth-order valence-electron chi connectivity index (χ4n) is 3.88. The second-order valence-electron chi connectivity index (χ2n) is 8.96. The molecule has 12 heteroatoms. The molecular formula is C31H22N4O8. The minimum absolute atomic E-state index is 0.0735. The largest absolute Gasteiger partial charge is 0.454 e. The van der Waals surface area contributed by atoms with E-state index in [2.05, 4.69) is 15.8 Å². The van der Waals surface area contributed by atoms with Crippen LogP contribution in [-0.2, 0) is 4.79 Å². The summed E-state index contributed by atoms with van der Waals surface area (Å²) in [6.07, 6.45) is 2.81. The van der Waals surface area contributed by atoms with Gasteiger partial charge in [0.15, 0.2) is 11.5 Å². The Morgan fingerprint density at radius 3 is 2.37 bits per heavy atom. The van der Waals surface area contributed by atoms with Crippen LogP contribution >= 0.6 is 0 Å². The first-order chi connectivity index (χ1) is 20.9. The van der Waals surface area contributed by atoms with Crippen molar-refractivity contribution < 1.29 is 33.5 Å². The number of carbonyl (C=O) groups is 3. The third-order valence-electron chi connectivity index (χ3n) is 6.00. The number of nitrogens with zero attached hydrogens (tertiary/aromatic N) is 2. The third-order valence-corrected chi connectivity index (χ3v) is 6.00. The van der Waals surface area contributed by atoms with Crippen molar-refractivity contribution in [3.05, 3.63) is 135 Å². The van der Waals surface area contributed by atoms with E-state index >= 15 is 0 Å². The monoisotopic (exact) mass is 578 g/mol. The van der Waals surface area contributed by atoms with E-state index in [4.69, 9.17) is 14.2 Å². The molecule has 12 nitrogen and oxygen atoms in total. The van der Waals surface area contributed by atoms with Crippen LogP contribution in [0, 0.1) is 10.1 Å². The maximum atomic E-state index is 13.1. The maximum Gasteiger partial charge on any atom is 0.343 e. The van der Waals surface area contributed by atoms with E-state index in [9.17, 15) is 24.5 Å². The van der Waals surface area contributed by atoms with Crippen LogP contribution in [0.4, 0.5) is 5.69 Å². The summed E-state index contributed by atoms with van der Waals surface area (Å²) in [5, 5.41) is 17.4. The number of fused-ring (bicyclic) bond motifs is 1. The fourth-order valence-corrected chi connectivity index (χ4v) is 3.88. The van der Waals surface area contributed by atoms with Gasteiger partial charge in [-0.15, -0.1) is 0 Å². The van der Waals surface area contributed by atoms with Crippen molar-refractivity contribution in [1.29, 1.82) is 0 Å². The number of hydrazone groups is 1. The molecule has 1 heterocycles. The van der Waals surface area contributed by atoms with Crippen LogP contribution in [0.3, 0.4) is 0 Å². The van der Waals surface area contributed by atoms with Crippen LogP contribution in [0.1, 0.15) is 31.8 Å². The molecule has 0 unspecified atom stereocenters. The van der Waals surface area contributed by atoms with E-state index in [1.807, 2.05) is 0 Å². The Morgan fingerprint density at radius 1 is 0.837 bits per heavy atom. The lowest BCUT2D eigenvalue weighted by molar-refractivity contribution is -0.384. The number of nitro groups is 1. The first-order valence-corrected chi connectivity index (χ1v) is 12.7. The summed E-state index contributed by atoms with van der Waals surface area (Å²) in [7, 11) is 0. The highest BCUT2D eigenvalue weighted by Crippen LogP contribution is 2.33. The van der Waals surface area contributed by atoms with E-state index in [1.165, 1.54) is 42.6 Å². The summed E-state index contributed by atoms with van der Waals surface area (Å²) >= 11 is 0. The van der Waals surface area contributed by atoms with Gasteiger partial charge in [-0.05, 0) is 65.7 Å². The molecule has 5 rings (SSSR count). The lowest BCUT2D eigenvalue weighted by Gasteiger charge is -2.09. The normalized spacial score (nSPS) is 12.0. The average molecular weight is 579 g/mol. The van der Waals surface area contributed by atoms with Crippen LogP contribution in [-0.4, -0.2) is 35.7 Å². The summed E-state index contributed by atoms with van der Waals surface area (Å²) in [4.78, 5) is 48.6. The summed E-state index contributed by atoms with van der Waals surface area (Å²) < 4.78 is 16.1. The Kier molecular flexibility index (Phi) is 8.48. The maximum absolute atomic E-state index is 13.1. The molecule has 0 spiro atoms. The molecule has 43 heavy (non-hydrogen) atoms. The number of hydrogen-bond donors (Lipinski definition) is 2. The van der Waals surface area contributed by atoms with Crippen molar-refractivity contribution in [2.75, 3.05) is 6.79 Å². The SMILES string of the molecule is O=C(N/N=C\c1cccc(OC(=O)c2ccc([N+](=O)[O-])cc2)c1)/C(=C/c1ccc2c(c1)OCO2)NC(=O)c1ccccc1. The smallest absolute Gasteiger partial charge is 0.343 e. The van der Waals surface area contributed by atoms with Crippen LogP contribution < -0.4 is 25.0 Å². The predicted octanol–water partition coefficient (Wildman–Crippen LogP) is 4.46. The molecule has 0 fully saturated rings. The van der Waals surface area contributed by atoms with Gasteiger partial charge in [0, 0.05) is 17.7 Å². The minimum atomic E-state index is -0.704. The zero-order valence-electron chi connectivity index (χ0n) is 22.3. The zero-order valence-corrected chi connectivity index (χ0v) is 22.3. The molecule has 0 bridgehead atoms. The third kappa shape index (κ3) is 7.27. The molecular weight excluding hydrogens is 556 g/mol. The minimum Gasteiger partial charge on any atom is -0.454 e. The molecule has 0 radical (unpaired) electrons. The Hall–Kier alpha value is -6.30. The van der Waals surface area contributed by atoms with Crippen molar-refractivity contribution in [3.63, 3.8) is 0 Å². The Balaban J connectivity index is 1.28. The van der Waals surface area contributed by atoms with Crippen LogP contribution in [0.2, 0.25) is 0 Å². The Labute approximate surface area is 244 Å². The van der Waals surface area contributed by atoms with E-state index in [0.717, 1.165) is 0 Å². The first kappa shape index (κ1) is 28.2. The number of esters is 1. The molecule has 4 aromatic carbocycles. The van der Waals surface area contributed by atoms with Gasteiger partial charge in [0.1, 0.15) is 11.4 Å². The number of rotatable bonds is 9. The second kappa shape index (κ2) is 12.9. The summed E-state index contributed by atoms with van der Waals surface area (Å²) in [6, 6.07) is 24.9. The number of carbonyl (C=O) groups excluding carboxylic acids is 3. The van der Waals surface area contributed by atoms with Crippen molar-refractivity contribution in [2.24, 2.45) is 5.10 Å². The number of nitrogens with one attached hydrogen (secondary N) is 2. The van der Waals surface area contributed by atoms with Crippen LogP contribution in [0.15, 0.2) is 108 Å². The average Bonchev–Trinajstić information content (AvgIpc) is 3.49. The van der Waals surface area contributed by atoms with Gasteiger partial charge in [-0.1, -0.05) is 36.4 Å². The van der Waals surface area contributed by atoms with Gasteiger partial charge in [0.25, 0.3) is 17.5 Å². The zero-order chi connectivity index (χ0) is 30.2. The molecule has 1 aliphatic heterocycles. The van der Waals surface area contributed by atoms with E-state index in [1.54, 1.807) is 66.7 Å². The standard InChI is InChI=1S/C31H22N4O8/c36-29(22-6-2-1-3-7-22)33-26(16-20-9-14-27-28(17-20)42-19-41-27)30(37)34-32-18-21-5-4-8-25(15-21)43-31(38)23-10-12-24(13-11-23)35(39)40/h1-18H,19H2,(H,33,36)(H,34,37)/b26-16-,32-18-. The highest BCUT2D eigenvalue weighted by molar-refractivity contribution is 6.05. The quantitative estimate of drug-likeness (QED) is 0.0736. The summed E-state index contributed by atoms with van der Waals surface area (Å²) in [5.74, 6) is -0.619. The van der Waals surface area contributed by atoms with Gasteiger partial charge < -0.3 is 19.5 Å². The molecule has 0 saturated carbocycles. The van der Waals surface area contributed by atoms with Gasteiger partial charge in [-0.3, -0.25) is 19.7 Å². The van der Waals surface area contributed by atoms with Gasteiger partial charge in [-0.25, -0.2) is 10.2 Å². The van der Waals surface area contributed by atoms with E-state index < -0.39 is 22.7 Å². The van der Waals surface area contributed by atoms with Crippen molar-refractivity contribution in [2.45, 2.75) is 0 Å². The molecule has 4 aromatic rings. The predicted molar refractivity (Wildman–Crippen MR) is 155 cm³/mol. The van der Waals surface area contributed by atoms with Gasteiger partial charge in [-0.2, -0.15) is 5.10 Å². The molecule has 0 saturated heterocycles. The summed E-state index contributed by atoms with van der Waals surface area (Å²) in [6.45, 7) is 0.0900. The number of ether oxygens (including phenoxy) is 3. The lowest BCUT2D eigenvalue weighted by Crippen LogP contribution is -2.32. The molecule has 2 N–H and O–H groups in total. The van der Waals surface area contributed by atoms with E-state index in [0.29, 0.717) is 28.2 Å². The van der Waals surface area contributed by atoms with Crippen molar-refractivity contribution in [1.82, 2.24) is 10.7 Å². The first-order valence-electron chi connectivity index (χ1n) is 12.7. The van der Waals surface area contributed by atoms with Gasteiger partial charge in [0.05, 0.1) is 16.7 Å². The highest BCUT2D eigenvalue weighted by atomic mass is 16.7. The van der Waals surface area contributed by atoms with E-state index in [-0.39, 0.29) is 29.5 Å². The summed E-state index contributed by atoms with van der Waals surface area (Å²) in [5.41, 5.74) is 3.73. The Bertz CT molecular complexity index is 1750. The highest BCUT2D eigenvalue weighted by Gasteiger charge is 2.17. The van der Waals surface area contributed by atoms with Gasteiger partial charge in [0.2, 0.25) is 6.79 Å². The number of hydrogen-bond acceptors (Lipinski definition) is 9. The number of non-ortho nitro benzene ring substituents is 1. The number of nitro benzene ring substituents is 1. The number of amides is 2. The van der Waals surface area contributed by atoms with Crippen LogP contribution in [0.5, 0.6) is 17.2 Å². The molecule has 0 aromatic heterocycles. The molecule has 214 valence electrons. The van der Waals surface area contributed by atoms with Crippen LogP contribution in [0.25, 0.3) is 6.08 Å². The molecule has 2 amide bonds. The molecule has 0 atom stereocenters. The van der Waals surface area contributed by atoms with Crippen molar-refractivity contribution >= 4 is 35.8 Å². The fraction of sp³-hybridized carbons (Fsp3) is 0.0323. The molecule has 1 aliphatic rings. The Morgan fingerprint density at radius 2 is 1.60 bits per heavy atom.